The first-order chi connectivity index (χ1) is 11.1. The van der Waals surface area contributed by atoms with Gasteiger partial charge in [0.2, 0.25) is 17.6 Å². The van der Waals surface area contributed by atoms with Crippen LogP contribution < -0.4 is 10.6 Å². The number of hydrogen-bond donors (Lipinski definition) is 2. The van der Waals surface area contributed by atoms with E-state index in [0.717, 1.165) is 31.5 Å². The second-order valence-corrected chi connectivity index (χ2v) is 5.33. The number of halogens is 3. The molecule has 130 valence electrons. The van der Waals surface area contributed by atoms with Gasteiger partial charge in [-0.3, -0.25) is 4.79 Å². The Morgan fingerprint density at radius 1 is 1.38 bits per heavy atom. The van der Waals surface area contributed by atoms with E-state index in [-0.39, 0.29) is 30.2 Å². The molecule has 3 rings (SSSR count). The largest absolute Gasteiger partial charge is 0.354 e. The molecule has 0 aliphatic carbocycles. The molecule has 0 bridgehead atoms. The Hall–Kier alpha value is -2.06. The van der Waals surface area contributed by atoms with Crippen LogP contribution in [0.25, 0.3) is 11.4 Å². The summed E-state index contributed by atoms with van der Waals surface area (Å²) in [6.45, 7) is 1.23. The van der Waals surface area contributed by atoms with Gasteiger partial charge in [0.15, 0.2) is 11.6 Å². The van der Waals surface area contributed by atoms with E-state index in [9.17, 15) is 13.6 Å². The summed E-state index contributed by atoms with van der Waals surface area (Å²) in [5.41, 5.74) is 0.332. The van der Waals surface area contributed by atoms with Crippen molar-refractivity contribution >= 4 is 18.3 Å². The maximum absolute atomic E-state index is 13.2. The third-order valence-corrected chi connectivity index (χ3v) is 3.66. The van der Waals surface area contributed by atoms with Gasteiger partial charge in [0.05, 0.1) is 6.04 Å². The number of benzene rings is 1. The minimum absolute atomic E-state index is 0. The van der Waals surface area contributed by atoms with E-state index >= 15 is 0 Å². The van der Waals surface area contributed by atoms with Crippen molar-refractivity contribution in [3.8, 4) is 11.4 Å². The fourth-order valence-corrected chi connectivity index (χ4v) is 2.43. The van der Waals surface area contributed by atoms with Crippen molar-refractivity contribution in [2.45, 2.75) is 25.3 Å². The zero-order valence-electron chi connectivity index (χ0n) is 12.7. The van der Waals surface area contributed by atoms with E-state index in [1.807, 2.05) is 0 Å². The van der Waals surface area contributed by atoms with E-state index in [4.69, 9.17) is 4.52 Å². The van der Waals surface area contributed by atoms with Gasteiger partial charge in [-0.2, -0.15) is 4.98 Å². The van der Waals surface area contributed by atoms with Crippen LogP contribution in [0.3, 0.4) is 0 Å². The number of nitrogens with zero attached hydrogens (tertiary/aromatic N) is 2. The van der Waals surface area contributed by atoms with E-state index < -0.39 is 11.6 Å². The summed E-state index contributed by atoms with van der Waals surface area (Å²) in [6.07, 6.45) is 2.21. The summed E-state index contributed by atoms with van der Waals surface area (Å²) in [6, 6.07) is 3.27. The van der Waals surface area contributed by atoms with Crippen LogP contribution in [0.5, 0.6) is 0 Å². The second kappa shape index (κ2) is 8.16. The molecule has 0 saturated carbocycles. The highest BCUT2D eigenvalue weighted by Crippen LogP contribution is 2.18. The molecule has 6 nitrogen and oxygen atoms in total. The van der Waals surface area contributed by atoms with Gasteiger partial charge >= 0.3 is 0 Å². The van der Waals surface area contributed by atoms with Crippen LogP contribution in [0.4, 0.5) is 8.78 Å². The fourth-order valence-electron chi connectivity index (χ4n) is 2.43. The molecule has 1 saturated heterocycles. The number of rotatable bonds is 5. The molecule has 1 fully saturated rings. The van der Waals surface area contributed by atoms with Crippen molar-refractivity contribution in [3.05, 3.63) is 35.7 Å². The fraction of sp³-hybridized carbons (Fsp3) is 0.400. The molecule has 9 heteroatoms. The normalized spacial score (nSPS) is 16.7. The van der Waals surface area contributed by atoms with Gasteiger partial charge in [-0.25, -0.2) is 8.78 Å². The van der Waals surface area contributed by atoms with Crippen LogP contribution in [0.15, 0.2) is 22.7 Å². The Morgan fingerprint density at radius 2 is 2.21 bits per heavy atom. The first kappa shape index (κ1) is 18.3. The third-order valence-electron chi connectivity index (χ3n) is 3.66. The summed E-state index contributed by atoms with van der Waals surface area (Å²) in [4.78, 5) is 15.9. The number of nitrogens with one attached hydrogen (secondary N) is 2. The highest BCUT2D eigenvalue weighted by Gasteiger charge is 2.21. The minimum Gasteiger partial charge on any atom is -0.354 e. The number of amides is 1. The van der Waals surface area contributed by atoms with Gasteiger partial charge in [0, 0.05) is 18.5 Å². The van der Waals surface area contributed by atoms with Crippen molar-refractivity contribution in [3.63, 3.8) is 0 Å². The molecule has 1 aliphatic rings. The van der Waals surface area contributed by atoms with Gasteiger partial charge in [-0.1, -0.05) is 5.16 Å². The third kappa shape index (κ3) is 4.27. The first-order valence-electron chi connectivity index (χ1n) is 7.42. The maximum Gasteiger partial charge on any atom is 0.237 e. The summed E-state index contributed by atoms with van der Waals surface area (Å²) in [5, 5.41) is 9.64. The van der Waals surface area contributed by atoms with Crippen molar-refractivity contribution in [1.82, 2.24) is 20.8 Å². The van der Waals surface area contributed by atoms with E-state index in [1.165, 1.54) is 6.07 Å². The minimum atomic E-state index is -0.967. The molecule has 2 N–H and O–H groups in total. The van der Waals surface area contributed by atoms with Crippen molar-refractivity contribution in [2.75, 3.05) is 13.1 Å². The summed E-state index contributed by atoms with van der Waals surface area (Å²) >= 11 is 0. The Morgan fingerprint density at radius 3 is 2.92 bits per heavy atom. The van der Waals surface area contributed by atoms with Gasteiger partial charge in [-0.15, -0.1) is 12.4 Å². The standard InChI is InChI=1S/C15H16F2N4O2.ClH/c16-10-4-3-9(8-11(10)17)14-20-13(23-21-14)5-7-19-15(22)12-2-1-6-18-12;/h3-4,8,12,18H,1-2,5-7H2,(H,19,22);1H. The molecule has 2 aromatic rings. The molecule has 0 radical (unpaired) electrons. The number of aromatic nitrogens is 2. The van der Waals surface area contributed by atoms with Gasteiger partial charge in [-0.05, 0) is 37.6 Å². The quantitative estimate of drug-likeness (QED) is 0.852. The van der Waals surface area contributed by atoms with Crippen LogP contribution in [0.1, 0.15) is 18.7 Å². The predicted molar refractivity (Wildman–Crippen MR) is 84.6 cm³/mol. The molecule has 2 heterocycles. The van der Waals surface area contributed by atoms with Crippen LogP contribution in [0, 0.1) is 11.6 Å². The monoisotopic (exact) mass is 358 g/mol. The Kier molecular flexibility index (Phi) is 6.22. The average Bonchev–Trinajstić information content (AvgIpc) is 3.21. The number of carbonyl (C=O) groups is 1. The lowest BCUT2D eigenvalue weighted by Crippen LogP contribution is -2.41. The lowest BCUT2D eigenvalue weighted by atomic mass is 10.2. The molecule has 1 unspecified atom stereocenters. The molecular weight excluding hydrogens is 342 g/mol. The molecule has 24 heavy (non-hydrogen) atoms. The lowest BCUT2D eigenvalue weighted by Gasteiger charge is -2.09. The molecule has 0 spiro atoms. The lowest BCUT2D eigenvalue weighted by molar-refractivity contribution is -0.122. The Bertz CT molecular complexity index is 705. The van der Waals surface area contributed by atoms with Crippen LogP contribution >= 0.6 is 12.4 Å². The van der Waals surface area contributed by atoms with Crippen LogP contribution in [0.2, 0.25) is 0 Å². The molecule has 1 amide bonds. The zero-order chi connectivity index (χ0) is 16.2. The number of hydrogen-bond acceptors (Lipinski definition) is 5. The van der Waals surface area contributed by atoms with Crippen LogP contribution in [-0.2, 0) is 11.2 Å². The summed E-state index contributed by atoms with van der Waals surface area (Å²) in [5.74, 6) is -1.43. The van der Waals surface area contributed by atoms with Crippen molar-refractivity contribution in [2.24, 2.45) is 0 Å². The molecule has 1 aliphatic heterocycles. The smallest absolute Gasteiger partial charge is 0.237 e. The maximum atomic E-state index is 13.2. The number of carbonyl (C=O) groups excluding carboxylic acids is 1. The average molecular weight is 359 g/mol. The Labute approximate surface area is 143 Å². The van der Waals surface area contributed by atoms with Gasteiger partial charge < -0.3 is 15.2 Å². The highest BCUT2D eigenvalue weighted by molar-refractivity contribution is 5.85. The molecule has 1 aromatic heterocycles. The molecule has 1 atom stereocenters. The van der Waals surface area contributed by atoms with Gasteiger partial charge in [0.25, 0.3) is 0 Å². The van der Waals surface area contributed by atoms with Crippen LogP contribution in [-0.4, -0.2) is 35.2 Å². The predicted octanol–water partition coefficient (Wildman–Crippen LogP) is 1.85. The topological polar surface area (TPSA) is 80.1 Å². The first-order valence-corrected chi connectivity index (χ1v) is 7.42. The van der Waals surface area contributed by atoms with E-state index in [1.54, 1.807) is 0 Å². The molecular formula is C15H17ClF2N4O2. The van der Waals surface area contributed by atoms with E-state index in [0.29, 0.717) is 24.4 Å². The van der Waals surface area contributed by atoms with E-state index in [2.05, 4.69) is 20.8 Å². The second-order valence-electron chi connectivity index (χ2n) is 5.33. The summed E-state index contributed by atoms with van der Waals surface area (Å²) < 4.78 is 31.2. The van der Waals surface area contributed by atoms with Crippen molar-refractivity contribution < 1.29 is 18.1 Å². The van der Waals surface area contributed by atoms with Gasteiger partial charge in [0.1, 0.15) is 0 Å². The SMILES string of the molecule is Cl.O=C(NCCc1nc(-c2ccc(F)c(F)c2)no1)C1CCCN1. The molecule has 1 aromatic carbocycles. The van der Waals surface area contributed by atoms with Crippen molar-refractivity contribution in [1.29, 1.82) is 0 Å². The Balaban J connectivity index is 0.00000208. The highest BCUT2D eigenvalue weighted by atomic mass is 35.5. The zero-order valence-corrected chi connectivity index (χ0v) is 13.5. The summed E-state index contributed by atoms with van der Waals surface area (Å²) in [7, 11) is 0.